The van der Waals surface area contributed by atoms with E-state index in [0.29, 0.717) is 0 Å². The summed E-state index contributed by atoms with van der Waals surface area (Å²) in [6, 6.07) is 13.4. The van der Waals surface area contributed by atoms with Crippen LogP contribution in [-0.2, 0) is 14.1 Å². The molecule has 1 atom stereocenters. The monoisotopic (exact) mass is 450 g/mol. The Bertz CT molecular complexity index is 780. The number of carbonyl (C=O) groups excluding carboxylic acids is 1. The van der Waals surface area contributed by atoms with Gasteiger partial charge in [-0.2, -0.15) is 0 Å². The second-order valence-corrected chi connectivity index (χ2v) is 10.1. The molecule has 0 spiro atoms. The molecule has 1 unspecified atom stereocenters. The third-order valence-electron chi connectivity index (χ3n) is 3.35. The summed E-state index contributed by atoms with van der Waals surface area (Å²) in [5.74, 6) is -2.16. The predicted octanol–water partition coefficient (Wildman–Crippen LogP) is 6.21. The van der Waals surface area contributed by atoms with E-state index in [0.717, 1.165) is 18.1 Å². The molecule has 0 aliphatic carbocycles. The molecule has 0 radical (unpaired) electrons. The van der Waals surface area contributed by atoms with Gasteiger partial charge in [-0.3, -0.25) is 4.79 Å². The number of rotatable bonds is 6. The molecule has 27 heavy (non-hydrogen) atoms. The van der Waals surface area contributed by atoms with Gasteiger partial charge in [-0.15, -0.1) is 0 Å². The van der Waals surface area contributed by atoms with Crippen molar-refractivity contribution in [1.82, 2.24) is 0 Å². The fourth-order valence-corrected chi connectivity index (χ4v) is 4.98. The van der Waals surface area contributed by atoms with E-state index in [2.05, 4.69) is 0 Å². The first-order valence-corrected chi connectivity index (χ1v) is 10.6. The van der Waals surface area contributed by atoms with Crippen LogP contribution < -0.4 is 9.05 Å². The summed E-state index contributed by atoms with van der Waals surface area (Å²) in [4.78, 5) is 11.5. The van der Waals surface area contributed by atoms with Gasteiger partial charge in [0.1, 0.15) is 11.5 Å². The first-order chi connectivity index (χ1) is 12.5. The van der Waals surface area contributed by atoms with Crippen molar-refractivity contribution in [3.05, 3.63) is 59.7 Å². The van der Waals surface area contributed by atoms with Gasteiger partial charge in [-0.1, -0.05) is 70.2 Å². The molecule has 2 rings (SSSR count). The van der Waals surface area contributed by atoms with Crippen molar-refractivity contribution < 1.29 is 23.1 Å². The molecule has 2 aromatic rings. The van der Waals surface area contributed by atoms with Gasteiger partial charge in [0.2, 0.25) is 3.79 Å². The zero-order valence-electron chi connectivity index (χ0n) is 14.8. The van der Waals surface area contributed by atoms with Gasteiger partial charge >= 0.3 is 13.6 Å². The maximum atomic E-state index is 13.6. The standard InChI is InChI=1S/C18H18Cl3O5P/c1-12-4-8-15(9-5-12)25-27(23,17(18(19,20)21)24-14(3)22)26-16-10-6-13(2)7-11-16/h4-11,17H,1-3H3. The molecule has 0 bridgehead atoms. The third-order valence-corrected chi connectivity index (χ3v) is 6.40. The quantitative estimate of drug-likeness (QED) is 0.297. The van der Waals surface area contributed by atoms with E-state index in [1.807, 2.05) is 13.8 Å². The molecule has 0 N–H and O–H groups in total. The minimum Gasteiger partial charge on any atom is -0.442 e. The van der Waals surface area contributed by atoms with Gasteiger partial charge in [-0.25, -0.2) is 4.57 Å². The molecular weight excluding hydrogens is 434 g/mol. The smallest absolute Gasteiger partial charge is 0.442 e. The fraction of sp³-hybridized carbons (Fsp3) is 0.278. The number of halogens is 3. The number of aryl methyl sites for hydroxylation is 2. The Balaban J connectivity index is 2.47. The first-order valence-electron chi connectivity index (χ1n) is 7.86. The topological polar surface area (TPSA) is 61.8 Å². The van der Waals surface area contributed by atoms with Crippen LogP contribution in [0.4, 0.5) is 0 Å². The van der Waals surface area contributed by atoms with Gasteiger partial charge in [0.25, 0.3) is 5.85 Å². The zero-order chi connectivity index (χ0) is 20.2. The lowest BCUT2D eigenvalue weighted by Gasteiger charge is -2.30. The molecule has 0 aliphatic heterocycles. The molecule has 0 amide bonds. The number of esters is 1. The summed E-state index contributed by atoms with van der Waals surface area (Å²) in [7, 11) is -4.32. The predicted molar refractivity (Wildman–Crippen MR) is 107 cm³/mol. The third kappa shape index (κ3) is 6.32. The average molecular weight is 452 g/mol. The lowest BCUT2D eigenvalue weighted by Crippen LogP contribution is -2.34. The Morgan fingerprint density at radius 1 is 0.889 bits per heavy atom. The maximum Gasteiger partial charge on any atom is 0.475 e. The van der Waals surface area contributed by atoms with Crippen LogP contribution in [0.5, 0.6) is 11.5 Å². The summed E-state index contributed by atoms with van der Waals surface area (Å²) in [5, 5.41) is 0. The van der Waals surface area contributed by atoms with E-state index >= 15 is 0 Å². The largest absolute Gasteiger partial charge is 0.475 e. The minimum absolute atomic E-state index is 0.211. The summed E-state index contributed by atoms with van der Waals surface area (Å²) >= 11 is 17.8. The molecule has 0 aliphatic rings. The van der Waals surface area contributed by atoms with Crippen LogP contribution in [0.3, 0.4) is 0 Å². The summed E-state index contributed by atoms with van der Waals surface area (Å²) in [6.07, 6.45) is 0. The van der Waals surface area contributed by atoms with E-state index in [4.69, 9.17) is 48.6 Å². The van der Waals surface area contributed by atoms with Gasteiger partial charge in [-0.05, 0) is 38.1 Å². The number of alkyl halides is 3. The van der Waals surface area contributed by atoms with E-state index in [-0.39, 0.29) is 11.5 Å². The molecule has 0 aromatic heterocycles. The molecule has 146 valence electrons. The van der Waals surface area contributed by atoms with Crippen molar-refractivity contribution in [2.45, 2.75) is 30.4 Å². The normalized spacial score (nSPS) is 13.0. The van der Waals surface area contributed by atoms with Crippen molar-refractivity contribution in [3.63, 3.8) is 0 Å². The van der Waals surface area contributed by atoms with Crippen molar-refractivity contribution in [2.75, 3.05) is 0 Å². The summed E-state index contributed by atoms with van der Waals surface area (Å²) in [5.41, 5.74) is 1.93. The molecule has 0 saturated heterocycles. The van der Waals surface area contributed by atoms with Crippen LogP contribution in [0.2, 0.25) is 0 Å². The van der Waals surface area contributed by atoms with Crippen molar-refractivity contribution in [1.29, 1.82) is 0 Å². The van der Waals surface area contributed by atoms with Crippen LogP contribution in [0.25, 0.3) is 0 Å². The Labute approximate surface area is 173 Å². The Hall–Kier alpha value is -1.39. The van der Waals surface area contributed by atoms with Crippen LogP contribution in [-0.4, -0.2) is 15.6 Å². The number of hydrogen-bond donors (Lipinski definition) is 0. The van der Waals surface area contributed by atoms with Crippen molar-refractivity contribution in [3.8, 4) is 11.5 Å². The number of carbonyl (C=O) groups is 1. The molecule has 0 saturated carbocycles. The number of hydrogen-bond acceptors (Lipinski definition) is 5. The van der Waals surface area contributed by atoms with E-state index in [1.165, 1.54) is 0 Å². The lowest BCUT2D eigenvalue weighted by atomic mass is 10.2. The van der Waals surface area contributed by atoms with Gasteiger partial charge < -0.3 is 13.8 Å². The minimum atomic E-state index is -4.32. The fourth-order valence-electron chi connectivity index (χ4n) is 2.07. The Morgan fingerprint density at radius 2 is 1.26 bits per heavy atom. The van der Waals surface area contributed by atoms with Crippen LogP contribution in [0.15, 0.2) is 48.5 Å². The highest BCUT2D eigenvalue weighted by molar-refractivity contribution is 7.55. The van der Waals surface area contributed by atoms with Crippen molar-refractivity contribution in [2.24, 2.45) is 0 Å². The number of ether oxygens (including phenoxy) is 1. The van der Waals surface area contributed by atoms with Gasteiger partial charge in [0, 0.05) is 6.92 Å². The van der Waals surface area contributed by atoms with Gasteiger partial charge in [0.15, 0.2) is 0 Å². The molecule has 0 heterocycles. The average Bonchev–Trinajstić information content (AvgIpc) is 2.56. The van der Waals surface area contributed by atoms with Crippen LogP contribution >= 0.6 is 42.4 Å². The molecule has 9 heteroatoms. The highest BCUT2D eigenvalue weighted by atomic mass is 35.6. The zero-order valence-corrected chi connectivity index (χ0v) is 18.0. The van der Waals surface area contributed by atoms with Crippen molar-refractivity contribution >= 4 is 48.4 Å². The second-order valence-electron chi connectivity index (χ2n) is 5.85. The second kappa shape index (κ2) is 8.74. The van der Waals surface area contributed by atoms with Crippen LogP contribution in [0, 0.1) is 13.8 Å². The number of benzene rings is 2. The highest BCUT2D eigenvalue weighted by Gasteiger charge is 2.54. The van der Waals surface area contributed by atoms with Crippen LogP contribution in [0.1, 0.15) is 18.1 Å². The maximum absolute atomic E-state index is 13.6. The molecule has 0 fully saturated rings. The van der Waals surface area contributed by atoms with E-state index in [9.17, 15) is 9.36 Å². The highest BCUT2D eigenvalue weighted by Crippen LogP contribution is 2.59. The Morgan fingerprint density at radius 3 is 1.56 bits per heavy atom. The molecule has 5 nitrogen and oxygen atoms in total. The first kappa shape index (κ1) is 21.9. The lowest BCUT2D eigenvalue weighted by molar-refractivity contribution is -0.143. The summed E-state index contributed by atoms with van der Waals surface area (Å²) in [6.45, 7) is 4.87. The molecular formula is C18H18Cl3O5P. The van der Waals surface area contributed by atoms with E-state index < -0.39 is 23.2 Å². The SMILES string of the molecule is CC(=O)OC(C(Cl)(Cl)Cl)P(=O)(Oc1ccc(C)cc1)Oc1ccc(C)cc1. The Kier molecular flexibility index (Phi) is 7.09. The molecule has 2 aromatic carbocycles. The van der Waals surface area contributed by atoms with E-state index in [1.54, 1.807) is 48.5 Å². The van der Waals surface area contributed by atoms with Gasteiger partial charge in [0.05, 0.1) is 0 Å². The summed E-state index contributed by atoms with van der Waals surface area (Å²) < 4.78 is 27.6.